The predicted molar refractivity (Wildman–Crippen MR) is 67.9 cm³/mol. The molecule has 2 aromatic rings. The fraction of sp³-hybridized carbons (Fsp3) is 0.500. The number of nitrogens with one attached hydrogen (secondary N) is 1. The molecule has 18 heavy (non-hydrogen) atoms. The summed E-state index contributed by atoms with van der Waals surface area (Å²) < 4.78 is 0. The van der Waals surface area contributed by atoms with E-state index in [9.17, 15) is 0 Å². The molecule has 6 heteroatoms. The molecule has 0 aliphatic heterocycles. The second kappa shape index (κ2) is 5.68. The molecule has 0 bridgehead atoms. The summed E-state index contributed by atoms with van der Waals surface area (Å²) >= 11 is 0. The van der Waals surface area contributed by atoms with Crippen molar-refractivity contribution in [1.29, 1.82) is 0 Å². The second-order valence-corrected chi connectivity index (χ2v) is 4.17. The van der Waals surface area contributed by atoms with E-state index >= 15 is 0 Å². The van der Waals surface area contributed by atoms with Crippen LogP contribution >= 0.6 is 0 Å². The minimum Gasteiger partial charge on any atom is -0.313 e. The van der Waals surface area contributed by atoms with Gasteiger partial charge in [-0.2, -0.15) is 4.80 Å². The molecule has 0 saturated carbocycles. The molecular formula is C12H18N6. The van der Waals surface area contributed by atoms with Gasteiger partial charge in [-0.05, 0) is 35.9 Å². The largest absolute Gasteiger partial charge is 0.313 e. The zero-order valence-electron chi connectivity index (χ0n) is 11.0. The van der Waals surface area contributed by atoms with Crippen molar-refractivity contribution in [1.82, 2.24) is 30.5 Å². The first-order valence-electron chi connectivity index (χ1n) is 6.07. The summed E-state index contributed by atoms with van der Waals surface area (Å²) in [4.78, 5) is 5.65. The molecule has 96 valence electrons. The third-order valence-electron chi connectivity index (χ3n) is 2.98. The van der Waals surface area contributed by atoms with Gasteiger partial charge in [0.05, 0.1) is 7.05 Å². The van der Waals surface area contributed by atoms with E-state index in [0.29, 0.717) is 0 Å². The number of tetrazole rings is 1. The number of aromatic nitrogens is 5. The van der Waals surface area contributed by atoms with E-state index in [4.69, 9.17) is 0 Å². The SMILES string of the molecule is CCc1cnccc1C(Cc1nnn(C)n1)NC. The highest BCUT2D eigenvalue weighted by Gasteiger charge is 2.16. The summed E-state index contributed by atoms with van der Waals surface area (Å²) in [6.45, 7) is 2.13. The highest BCUT2D eigenvalue weighted by molar-refractivity contribution is 5.27. The molecule has 0 aromatic carbocycles. The van der Waals surface area contributed by atoms with Gasteiger partial charge in [0.1, 0.15) is 0 Å². The van der Waals surface area contributed by atoms with Crippen LogP contribution in [0.25, 0.3) is 0 Å². The Kier molecular flexibility index (Phi) is 3.99. The molecule has 0 radical (unpaired) electrons. The van der Waals surface area contributed by atoms with Crippen molar-refractivity contribution in [3.63, 3.8) is 0 Å². The lowest BCUT2D eigenvalue weighted by atomic mass is 9.98. The Morgan fingerprint density at radius 2 is 2.28 bits per heavy atom. The lowest BCUT2D eigenvalue weighted by Gasteiger charge is -2.17. The van der Waals surface area contributed by atoms with Crippen molar-refractivity contribution in [3.8, 4) is 0 Å². The molecule has 0 amide bonds. The summed E-state index contributed by atoms with van der Waals surface area (Å²) in [5.41, 5.74) is 2.50. The Morgan fingerprint density at radius 1 is 1.44 bits per heavy atom. The molecule has 0 fully saturated rings. The first-order valence-corrected chi connectivity index (χ1v) is 6.07. The summed E-state index contributed by atoms with van der Waals surface area (Å²) in [6.07, 6.45) is 5.43. The van der Waals surface area contributed by atoms with E-state index in [1.165, 1.54) is 15.9 Å². The van der Waals surface area contributed by atoms with E-state index in [1.807, 2.05) is 19.4 Å². The van der Waals surface area contributed by atoms with Crippen LogP contribution in [0.4, 0.5) is 0 Å². The summed E-state index contributed by atoms with van der Waals surface area (Å²) in [5, 5.41) is 15.4. The van der Waals surface area contributed by atoms with Crippen molar-refractivity contribution in [2.75, 3.05) is 7.05 Å². The molecule has 0 aliphatic carbocycles. The van der Waals surface area contributed by atoms with E-state index in [2.05, 4.69) is 38.7 Å². The molecule has 0 spiro atoms. The van der Waals surface area contributed by atoms with E-state index in [1.54, 1.807) is 7.05 Å². The van der Waals surface area contributed by atoms with Crippen LogP contribution in [0.15, 0.2) is 18.5 Å². The van der Waals surface area contributed by atoms with Crippen LogP contribution in [0.3, 0.4) is 0 Å². The Morgan fingerprint density at radius 3 is 2.89 bits per heavy atom. The number of nitrogens with zero attached hydrogens (tertiary/aromatic N) is 5. The fourth-order valence-corrected chi connectivity index (χ4v) is 2.03. The van der Waals surface area contributed by atoms with Crippen LogP contribution in [0.2, 0.25) is 0 Å². The van der Waals surface area contributed by atoms with Crippen molar-refractivity contribution in [3.05, 3.63) is 35.4 Å². The monoisotopic (exact) mass is 246 g/mol. The van der Waals surface area contributed by atoms with Crippen molar-refractivity contribution >= 4 is 0 Å². The van der Waals surface area contributed by atoms with Gasteiger partial charge in [-0.25, -0.2) is 0 Å². The fourth-order valence-electron chi connectivity index (χ4n) is 2.03. The topological polar surface area (TPSA) is 68.5 Å². The Hall–Kier alpha value is -1.82. The lowest BCUT2D eigenvalue weighted by Crippen LogP contribution is -2.21. The predicted octanol–water partition coefficient (Wildman–Crippen LogP) is 0.671. The van der Waals surface area contributed by atoms with E-state index in [-0.39, 0.29) is 6.04 Å². The highest BCUT2D eigenvalue weighted by atomic mass is 15.6. The maximum atomic E-state index is 4.22. The molecule has 2 aromatic heterocycles. The van der Waals surface area contributed by atoms with Gasteiger partial charge in [-0.3, -0.25) is 4.98 Å². The number of rotatable bonds is 5. The molecular weight excluding hydrogens is 228 g/mol. The number of hydrogen-bond acceptors (Lipinski definition) is 5. The molecule has 1 N–H and O–H groups in total. The van der Waals surface area contributed by atoms with Gasteiger partial charge in [0.2, 0.25) is 0 Å². The number of aryl methyl sites for hydroxylation is 2. The zero-order chi connectivity index (χ0) is 13.0. The molecule has 2 heterocycles. The van der Waals surface area contributed by atoms with Gasteiger partial charge in [0, 0.05) is 24.9 Å². The summed E-state index contributed by atoms with van der Waals surface area (Å²) in [5.74, 6) is 0.746. The van der Waals surface area contributed by atoms with Crippen LogP contribution in [0.1, 0.15) is 29.9 Å². The Labute approximate surface area is 106 Å². The average molecular weight is 246 g/mol. The van der Waals surface area contributed by atoms with Gasteiger partial charge >= 0.3 is 0 Å². The molecule has 1 atom stereocenters. The van der Waals surface area contributed by atoms with Crippen molar-refractivity contribution in [2.24, 2.45) is 7.05 Å². The molecule has 2 rings (SSSR count). The van der Waals surface area contributed by atoms with Gasteiger partial charge in [-0.1, -0.05) is 6.92 Å². The molecule has 1 unspecified atom stereocenters. The number of hydrogen-bond donors (Lipinski definition) is 1. The van der Waals surface area contributed by atoms with Gasteiger partial charge in [0.25, 0.3) is 0 Å². The summed E-state index contributed by atoms with van der Waals surface area (Å²) in [6, 6.07) is 2.24. The van der Waals surface area contributed by atoms with Crippen molar-refractivity contribution in [2.45, 2.75) is 25.8 Å². The van der Waals surface area contributed by atoms with E-state index in [0.717, 1.165) is 18.7 Å². The first-order chi connectivity index (χ1) is 8.74. The minimum atomic E-state index is 0.187. The Balaban J connectivity index is 2.22. The third-order valence-corrected chi connectivity index (χ3v) is 2.98. The first kappa shape index (κ1) is 12.6. The summed E-state index contributed by atoms with van der Waals surface area (Å²) in [7, 11) is 3.72. The number of likely N-dealkylation sites (N-methyl/N-ethyl adjacent to an activating group) is 1. The van der Waals surface area contributed by atoms with E-state index < -0.39 is 0 Å². The zero-order valence-corrected chi connectivity index (χ0v) is 11.0. The third kappa shape index (κ3) is 2.70. The molecule has 6 nitrogen and oxygen atoms in total. The second-order valence-electron chi connectivity index (χ2n) is 4.17. The molecule has 0 aliphatic rings. The van der Waals surface area contributed by atoms with Gasteiger partial charge < -0.3 is 5.32 Å². The van der Waals surface area contributed by atoms with Crippen LogP contribution in [0, 0.1) is 0 Å². The van der Waals surface area contributed by atoms with Crippen LogP contribution in [-0.4, -0.2) is 32.2 Å². The quantitative estimate of drug-likeness (QED) is 0.840. The van der Waals surface area contributed by atoms with Crippen molar-refractivity contribution < 1.29 is 0 Å². The molecule has 0 saturated heterocycles. The highest BCUT2D eigenvalue weighted by Crippen LogP contribution is 2.20. The lowest BCUT2D eigenvalue weighted by molar-refractivity contribution is 0.565. The van der Waals surface area contributed by atoms with Gasteiger partial charge in [0.15, 0.2) is 5.82 Å². The number of pyridine rings is 1. The maximum absolute atomic E-state index is 4.22. The smallest absolute Gasteiger partial charge is 0.176 e. The average Bonchev–Trinajstić information content (AvgIpc) is 2.81. The normalized spacial score (nSPS) is 12.6. The minimum absolute atomic E-state index is 0.187. The van der Waals surface area contributed by atoms with Crippen LogP contribution in [-0.2, 0) is 19.9 Å². The van der Waals surface area contributed by atoms with Crippen LogP contribution in [0.5, 0.6) is 0 Å². The standard InChI is InChI=1S/C12H18N6/c1-4-9-8-14-6-5-10(9)11(13-2)7-12-15-17-18(3)16-12/h5-6,8,11,13H,4,7H2,1-3H3. The Bertz CT molecular complexity index is 507. The van der Waals surface area contributed by atoms with Crippen LogP contribution < -0.4 is 5.32 Å². The van der Waals surface area contributed by atoms with Gasteiger partial charge in [-0.15, -0.1) is 10.2 Å². The maximum Gasteiger partial charge on any atom is 0.176 e.